The first-order valence-corrected chi connectivity index (χ1v) is 7.05. The Balaban J connectivity index is 2.17. The molecule has 0 unspecified atom stereocenters. The monoisotopic (exact) mass is 294 g/mol. The number of carbonyl (C=O) groups is 1. The summed E-state index contributed by atoms with van der Waals surface area (Å²) < 4.78 is 5.19. The van der Waals surface area contributed by atoms with Gasteiger partial charge in [0.15, 0.2) is 0 Å². The molecule has 1 aliphatic rings. The number of piperazine rings is 1. The van der Waals surface area contributed by atoms with Gasteiger partial charge >= 0.3 is 0 Å². The van der Waals surface area contributed by atoms with Gasteiger partial charge in [-0.05, 0) is 19.1 Å². The minimum absolute atomic E-state index is 0.0404. The molecule has 1 aliphatic heterocycles. The molecule has 0 aromatic heterocycles. The third-order valence-electron chi connectivity index (χ3n) is 3.96. The molecule has 6 nitrogen and oxygen atoms in total. The van der Waals surface area contributed by atoms with Gasteiger partial charge in [0, 0.05) is 24.8 Å². The largest absolute Gasteiger partial charge is 0.497 e. The van der Waals surface area contributed by atoms with Crippen LogP contribution in [0, 0.1) is 0 Å². The fraction of sp³-hybridized carbons (Fsp3) is 0.533. The summed E-state index contributed by atoms with van der Waals surface area (Å²) in [6, 6.07) is 6.61. The molecule has 2 rings (SSSR count). The van der Waals surface area contributed by atoms with Crippen molar-refractivity contribution in [3.63, 3.8) is 0 Å². The lowest BCUT2D eigenvalue weighted by Gasteiger charge is -2.42. The second-order valence-electron chi connectivity index (χ2n) is 5.12. The highest BCUT2D eigenvalue weighted by atomic mass is 16.5. The van der Waals surface area contributed by atoms with Crippen molar-refractivity contribution in [3.05, 3.63) is 24.3 Å². The molecule has 0 saturated carbocycles. The Morgan fingerprint density at radius 3 is 2.67 bits per heavy atom. The first kappa shape index (κ1) is 15.8. The van der Waals surface area contributed by atoms with E-state index in [2.05, 4.69) is 0 Å². The minimum Gasteiger partial charge on any atom is -0.497 e. The van der Waals surface area contributed by atoms with Crippen molar-refractivity contribution >= 4 is 11.6 Å². The number of hydrogen-bond donors (Lipinski definition) is 2. The number of methoxy groups -OCH3 is 1. The Hall–Kier alpha value is -1.63. The summed E-state index contributed by atoms with van der Waals surface area (Å²) in [5, 5.41) is 18.6. The number of benzene rings is 1. The van der Waals surface area contributed by atoms with Crippen molar-refractivity contribution in [2.75, 3.05) is 38.3 Å². The zero-order valence-corrected chi connectivity index (χ0v) is 12.4. The van der Waals surface area contributed by atoms with Gasteiger partial charge in [0.25, 0.3) is 0 Å². The van der Waals surface area contributed by atoms with E-state index in [1.54, 1.807) is 18.9 Å². The van der Waals surface area contributed by atoms with Crippen LogP contribution in [0.4, 0.5) is 5.69 Å². The Labute approximate surface area is 124 Å². The average Bonchev–Trinajstić information content (AvgIpc) is 2.52. The van der Waals surface area contributed by atoms with Gasteiger partial charge < -0.3 is 19.8 Å². The maximum atomic E-state index is 12.6. The van der Waals surface area contributed by atoms with E-state index in [0.717, 1.165) is 5.69 Å². The van der Waals surface area contributed by atoms with Crippen LogP contribution in [-0.2, 0) is 4.79 Å². The Morgan fingerprint density at radius 2 is 2.05 bits per heavy atom. The van der Waals surface area contributed by atoms with Crippen molar-refractivity contribution < 1.29 is 19.7 Å². The highest BCUT2D eigenvalue weighted by Crippen LogP contribution is 2.25. The third kappa shape index (κ3) is 3.18. The summed E-state index contributed by atoms with van der Waals surface area (Å²) in [5.74, 6) is 0.667. The molecule has 1 aromatic carbocycles. The molecule has 1 saturated heterocycles. The van der Waals surface area contributed by atoms with E-state index < -0.39 is 6.04 Å². The fourth-order valence-corrected chi connectivity index (χ4v) is 2.69. The first-order chi connectivity index (χ1) is 10.1. The molecule has 2 N–H and O–H groups in total. The van der Waals surface area contributed by atoms with Gasteiger partial charge in [-0.25, -0.2) is 0 Å². The standard InChI is InChI=1S/C15H22N2O4/c1-11-15(20)17(7-6-16(11)13(9-18)10-19)12-4-3-5-14(8-12)21-2/h3-5,8,11,13,18-19H,6-7,9-10H2,1-2H3/t11-/m1/s1. The van der Waals surface area contributed by atoms with E-state index in [4.69, 9.17) is 4.74 Å². The highest BCUT2D eigenvalue weighted by molar-refractivity contribution is 5.97. The van der Waals surface area contributed by atoms with E-state index in [-0.39, 0.29) is 25.2 Å². The van der Waals surface area contributed by atoms with Crippen molar-refractivity contribution in [1.29, 1.82) is 0 Å². The highest BCUT2D eigenvalue weighted by Gasteiger charge is 2.35. The van der Waals surface area contributed by atoms with Crippen LogP contribution >= 0.6 is 0 Å². The van der Waals surface area contributed by atoms with Gasteiger partial charge in [0.05, 0.1) is 32.4 Å². The van der Waals surface area contributed by atoms with Gasteiger partial charge in [0.1, 0.15) is 5.75 Å². The number of nitrogens with zero attached hydrogens (tertiary/aromatic N) is 2. The molecular weight excluding hydrogens is 272 g/mol. The topological polar surface area (TPSA) is 73.2 Å². The van der Waals surface area contributed by atoms with Crippen LogP contribution in [0.3, 0.4) is 0 Å². The summed E-state index contributed by atoms with van der Waals surface area (Å²) in [6.45, 7) is 2.61. The van der Waals surface area contributed by atoms with Crippen LogP contribution in [0.25, 0.3) is 0 Å². The van der Waals surface area contributed by atoms with E-state index in [0.29, 0.717) is 18.8 Å². The van der Waals surface area contributed by atoms with Crippen LogP contribution in [0.5, 0.6) is 5.75 Å². The van der Waals surface area contributed by atoms with Crippen molar-refractivity contribution in [3.8, 4) is 5.75 Å². The number of ether oxygens (including phenoxy) is 1. The molecule has 1 atom stereocenters. The maximum absolute atomic E-state index is 12.6. The second-order valence-corrected chi connectivity index (χ2v) is 5.12. The molecular formula is C15H22N2O4. The number of aliphatic hydroxyl groups excluding tert-OH is 2. The van der Waals surface area contributed by atoms with Crippen molar-refractivity contribution in [2.24, 2.45) is 0 Å². The first-order valence-electron chi connectivity index (χ1n) is 7.05. The zero-order chi connectivity index (χ0) is 15.4. The van der Waals surface area contributed by atoms with Crippen LogP contribution in [-0.4, -0.2) is 66.5 Å². The third-order valence-corrected chi connectivity index (χ3v) is 3.96. The number of rotatable bonds is 5. The number of hydrogen-bond acceptors (Lipinski definition) is 5. The van der Waals surface area contributed by atoms with Crippen LogP contribution in [0.2, 0.25) is 0 Å². The smallest absolute Gasteiger partial charge is 0.244 e. The zero-order valence-electron chi connectivity index (χ0n) is 12.4. The summed E-state index contributed by atoms with van der Waals surface area (Å²) in [5.41, 5.74) is 0.801. The van der Waals surface area contributed by atoms with E-state index in [9.17, 15) is 15.0 Å². The van der Waals surface area contributed by atoms with Gasteiger partial charge in [-0.1, -0.05) is 6.07 Å². The summed E-state index contributed by atoms with van der Waals surface area (Å²) >= 11 is 0. The lowest BCUT2D eigenvalue weighted by Crippen LogP contribution is -2.60. The van der Waals surface area contributed by atoms with Crippen LogP contribution in [0.1, 0.15) is 6.92 Å². The maximum Gasteiger partial charge on any atom is 0.244 e. The molecule has 1 amide bonds. The molecule has 1 fully saturated rings. The van der Waals surface area contributed by atoms with E-state index >= 15 is 0 Å². The molecule has 0 bridgehead atoms. The molecule has 116 valence electrons. The molecule has 6 heteroatoms. The quantitative estimate of drug-likeness (QED) is 0.805. The average molecular weight is 294 g/mol. The minimum atomic E-state index is -0.392. The summed E-state index contributed by atoms with van der Waals surface area (Å²) in [4.78, 5) is 16.1. The lowest BCUT2D eigenvalue weighted by molar-refractivity contribution is -0.127. The predicted molar refractivity (Wildman–Crippen MR) is 79.5 cm³/mol. The molecule has 21 heavy (non-hydrogen) atoms. The number of carbonyl (C=O) groups excluding carboxylic acids is 1. The van der Waals surface area contributed by atoms with E-state index in [1.807, 2.05) is 29.2 Å². The Bertz CT molecular complexity index is 490. The van der Waals surface area contributed by atoms with Gasteiger partial charge in [-0.2, -0.15) is 0 Å². The molecule has 1 heterocycles. The number of anilines is 1. The summed E-state index contributed by atoms with van der Waals surface area (Å²) in [6.07, 6.45) is 0. The van der Waals surface area contributed by atoms with Crippen LogP contribution < -0.4 is 9.64 Å². The fourth-order valence-electron chi connectivity index (χ4n) is 2.69. The molecule has 0 radical (unpaired) electrons. The van der Waals surface area contributed by atoms with Gasteiger partial charge in [-0.15, -0.1) is 0 Å². The molecule has 0 aliphatic carbocycles. The number of aliphatic hydroxyl groups is 2. The lowest BCUT2D eigenvalue weighted by atomic mass is 10.1. The van der Waals surface area contributed by atoms with Gasteiger partial charge in [0.2, 0.25) is 5.91 Å². The predicted octanol–water partition coefficient (Wildman–Crippen LogP) is 0.0855. The summed E-state index contributed by atoms with van der Waals surface area (Å²) in [7, 11) is 1.59. The van der Waals surface area contributed by atoms with Crippen molar-refractivity contribution in [1.82, 2.24) is 4.90 Å². The SMILES string of the molecule is COc1cccc(N2CCN(C(CO)CO)[C@H](C)C2=O)c1. The molecule has 0 spiro atoms. The van der Waals surface area contributed by atoms with Gasteiger partial charge in [-0.3, -0.25) is 9.69 Å². The second kappa shape index (κ2) is 6.89. The van der Waals surface area contributed by atoms with E-state index in [1.165, 1.54) is 0 Å². The normalized spacial score (nSPS) is 20.1. The number of amides is 1. The van der Waals surface area contributed by atoms with Crippen molar-refractivity contribution in [2.45, 2.75) is 19.0 Å². The van der Waals surface area contributed by atoms with Crippen LogP contribution in [0.15, 0.2) is 24.3 Å². The molecule has 1 aromatic rings. The Morgan fingerprint density at radius 1 is 1.33 bits per heavy atom. The Kier molecular flexibility index (Phi) is 5.17.